The molecule has 4 nitrogen and oxygen atoms in total. The molecule has 0 aliphatic heterocycles. The lowest BCUT2D eigenvalue weighted by atomic mass is 9.82. The van der Waals surface area contributed by atoms with E-state index < -0.39 is 0 Å². The predicted octanol–water partition coefficient (Wildman–Crippen LogP) is 3.91. The van der Waals surface area contributed by atoms with Crippen LogP contribution in [0, 0.1) is 0 Å². The molecule has 3 aromatic rings. The summed E-state index contributed by atoms with van der Waals surface area (Å²) in [6, 6.07) is 19.1. The van der Waals surface area contributed by atoms with Crippen molar-refractivity contribution in [2.75, 3.05) is 5.32 Å². The number of para-hydroxylation sites is 1. The molecule has 0 aromatic heterocycles. The lowest BCUT2D eigenvalue weighted by molar-refractivity contribution is 0.0977. The van der Waals surface area contributed by atoms with E-state index in [1.807, 2.05) is 30.3 Å². The Morgan fingerprint density at radius 3 is 1.92 bits per heavy atom. The van der Waals surface area contributed by atoms with Crippen LogP contribution in [0.1, 0.15) is 31.8 Å². The van der Waals surface area contributed by atoms with Crippen LogP contribution in [0.5, 0.6) is 5.75 Å². The van der Waals surface area contributed by atoms with E-state index in [1.165, 1.54) is 6.07 Å². The van der Waals surface area contributed by atoms with Crippen molar-refractivity contribution in [1.82, 2.24) is 0 Å². The van der Waals surface area contributed by atoms with Crippen molar-refractivity contribution in [3.63, 3.8) is 0 Å². The third-order valence-electron chi connectivity index (χ3n) is 4.11. The van der Waals surface area contributed by atoms with Crippen LogP contribution in [0.25, 0.3) is 0 Å². The number of carbonyl (C=O) groups excluding carboxylic acids is 2. The highest BCUT2D eigenvalue weighted by atomic mass is 16.3. The van der Waals surface area contributed by atoms with Crippen LogP contribution in [0.4, 0.5) is 11.4 Å². The van der Waals surface area contributed by atoms with Crippen molar-refractivity contribution < 1.29 is 14.7 Å². The second kappa shape index (κ2) is 5.35. The van der Waals surface area contributed by atoms with Gasteiger partial charge in [-0.2, -0.15) is 0 Å². The smallest absolute Gasteiger partial charge is 0.198 e. The number of fused-ring (bicyclic) bond motifs is 2. The largest absolute Gasteiger partial charge is 0.507 e. The van der Waals surface area contributed by atoms with Crippen LogP contribution in [-0.4, -0.2) is 16.7 Å². The fraction of sp³-hybridized carbons (Fsp3) is 0. The highest BCUT2D eigenvalue weighted by Gasteiger charge is 2.33. The molecule has 0 atom stereocenters. The molecule has 4 heteroatoms. The number of phenolic OH excluding ortho intramolecular Hbond substituents is 1. The first-order valence-electron chi connectivity index (χ1n) is 7.53. The van der Waals surface area contributed by atoms with E-state index in [0.29, 0.717) is 16.8 Å². The summed E-state index contributed by atoms with van der Waals surface area (Å²) in [5, 5.41) is 13.3. The quantitative estimate of drug-likeness (QED) is 0.550. The number of carbonyl (C=O) groups is 2. The van der Waals surface area contributed by atoms with Crippen LogP contribution in [0.3, 0.4) is 0 Å². The summed E-state index contributed by atoms with van der Waals surface area (Å²) in [5.41, 5.74) is 2.24. The summed E-state index contributed by atoms with van der Waals surface area (Å²) >= 11 is 0. The van der Waals surface area contributed by atoms with Crippen molar-refractivity contribution in [2.24, 2.45) is 0 Å². The molecule has 0 radical (unpaired) electrons. The van der Waals surface area contributed by atoms with Gasteiger partial charge in [-0.3, -0.25) is 9.59 Å². The molecule has 0 saturated heterocycles. The van der Waals surface area contributed by atoms with Crippen molar-refractivity contribution in [3.8, 4) is 5.75 Å². The summed E-state index contributed by atoms with van der Waals surface area (Å²) in [6.07, 6.45) is 0. The third kappa shape index (κ3) is 2.08. The molecular weight excluding hydrogens is 302 g/mol. The van der Waals surface area contributed by atoms with Crippen LogP contribution in [0.2, 0.25) is 0 Å². The van der Waals surface area contributed by atoms with Crippen LogP contribution in [0.15, 0.2) is 66.7 Å². The van der Waals surface area contributed by atoms with Gasteiger partial charge in [0, 0.05) is 16.8 Å². The number of phenols is 1. The van der Waals surface area contributed by atoms with Gasteiger partial charge < -0.3 is 10.4 Å². The first-order chi connectivity index (χ1) is 11.7. The molecule has 24 heavy (non-hydrogen) atoms. The van der Waals surface area contributed by atoms with Gasteiger partial charge in [0.05, 0.1) is 16.8 Å². The standard InChI is InChI=1S/C20H13NO3/c22-16-11-10-15(21-12-6-2-1-3-7-12)17-18(16)20(24)14-9-5-4-8-13(14)19(17)23/h1-11,21-22H. The normalized spacial score (nSPS) is 12.5. The Bertz CT molecular complexity index is 977. The van der Waals surface area contributed by atoms with Gasteiger partial charge in [-0.25, -0.2) is 0 Å². The maximum Gasteiger partial charge on any atom is 0.198 e. The molecule has 0 fully saturated rings. The van der Waals surface area contributed by atoms with Crippen molar-refractivity contribution in [1.29, 1.82) is 0 Å². The molecule has 3 aromatic carbocycles. The molecule has 0 spiro atoms. The van der Waals surface area contributed by atoms with Crippen molar-refractivity contribution in [2.45, 2.75) is 0 Å². The van der Waals surface area contributed by atoms with Gasteiger partial charge in [0.25, 0.3) is 0 Å². The SMILES string of the molecule is O=C1c2ccccc2C(=O)c2c(Nc3ccccc3)ccc(O)c21. The van der Waals surface area contributed by atoms with Crippen LogP contribution in [-0.2, 0) is 0 Å². The second-order valence-electron chi connectivity index (χ2n) is 5.58. The lowest BCUT2D eigenvalue weighted by Crippen LogP contribution is -2.22. The zero-order valence-electron chi connectivity index (χ0n) is 12.6. The number of hydrogen-bond acceptors (Lipinski definition) is 4. The molecular formula is C20H13NO3. The lowest BCUT2D eigenvalue weighted by Gasteiger charge is -2.21. The summed E-state index contributed by atoms with van der Waals surface area (Å²) in [6.45, 7) is 0. The Morgan fingerprint density at radius 2 is 1.25 bits per heavy atom. The van der Waals surface area contributed by atoms with Gasteiger partial charge in [-0.1, -0.05) is 42.5 Å². The van der Waals surface area contributed by atoms with E-state index in [9.17, 15) is 14.7 Å². The molecule has 1 aliphatic rings. The van der Waals surface area contributed by atoms with Crippen molar-refractivity contribution in [3.05, 3.63) is 89.0 Å². The summed E-state index contributed by atoms with van der Waals surface area (Å²) in [5.74, 6) is -0.791. The molecule has 0 saturated carbocycles. The van der Waals surface area contributed by atoms with Gasteiger partial charge in [0.1, 0.15) is 5.75 Å². The topological polar surface area (TPSA) is 66.4 Å². The zero-order valence-corrected chi connectivity index (χ0v) is 12.6. The number of benzene rings is 3. The Balaban J connectivity index is 1.92. The molecule has 0 heterocycles. The summed E-state index contributed by atoms with van der Waals surface area (Å²) in [4.78, 5) is 25.7. The highest BCUT2D eigenvalue weighted by molar-refractivity contribution is 6.31. The zero-order chi connectivity index (χ0) is 16.7. The van der Waals surface area contributed by atoms with Crippen LogP contribution < -0.4 is 5.32 Å². The number of anilines is 2. The second-order valence-corrected chi connectivity index (χ2v) is 5.58. The fourth-order valence-electron chi connectivity index (χ4n) is 2.99. The summed E-state index contributed by atoms with van der Waals surface area (Å²) < 4.78 is 0. The molecule has 4 rings (SSSR count). The molecule has 116 valence electrons. The van der Waals surface area contributed by atoms with E-state index in [4.69, 9.17) is 0 Å². The Morgan fingerprint density at radius 1 is 0.667 bits per heavy atom. The van der Waals surface area contributed by atoms with Crippen molar-refractivity contribution >= 4 is 22.9 Å². The number of rotatable bonds is 2. The molecule has 0 amide bonds. The minimum absolute atomic E-state index is 0.0552. The van der Waals surface area contributed by atoms with E-state index in [1.54, 1.807) is 30.3 Å². The Labute approximate surface area is 138 Å². The van der Waals surface area contributed by atoms with Gasteiger partial charge in [0.15, 0.2) is 11.6 Å². The first kappa shape index (κ1) is 14.2. The third-order valence-corrected chi connectivity index (χ3v) is 4.11. The minimum atomic E-state index is -0.339. The van der Waals surface area contributed by atoms with Gasteiger partial charge in [-0.15, -0.1) is 0 Å². The monoisotopic (exact) mass is 315 g/mol. The molecule has 1 aliphatic carbocycles. The number of aromatic hydroxyl groups is 1. The van der Waals surface area contributed by atoms with E-state index >= 15 is 0 Å². The predicted molar refractivity (Wildman–Crippen MR) is 91.1 cm³/mol. The van der Waals surface area contributed by atoms with E-state index in [-0.39, 0.29) is 28.4 Å². The fourth-order valence-corrected chi connectivity index (χ4v) is 2.99. The average Bonchev–Trinajstić information content (AvgIpc) is 2.62. The number of hydrogen-bond donors (Lipinski definition) is 2. The average molecular weight is 315 g/mol. The van der Waals surface area contributed by atoms with E-state index in [2.05, 4.69) is 5.32 Å². The Kier molecular flexibility index (Phi) is 3.17. The maximum absolute atomic E-state index is 12.9. The maximum atomic E-state index is 12.9. The van der Waals surface area contributed by atoms with Gasteiger partial charge in [0.2, 0.25) is 0 Å². The molecule has 2 N–H and O–H groups in total. The summed E-state index contributed by atoms with van der Waals surface area (Å²) in [7, 11) is 0. The molecule has 0 bridgehead atoms. The first-order valence-corrected chi connectivity index (χ1v) is 7.53. The van der Waals surface area contributed by atoms with E-state index in [0.717, 1.165) is 5.69 Å². The van der Waals surface area contributed by atoms with Gasteiger partial charge >= 0.3 is 0 Å². The van der Waals surface area contributed by atoms with Gasteiger partial charge in [-0.05, 0) is 24.3 Å². The molecule has 0 unspecified atom stereocenters. The van der Waals surface area contributed by atoms with Crippen LogP contribution >= 0.6 is 0 Å². The highest BCUT2D eigenvalue weighted by Crippen LogP contribution is 2.37. The minimum Gasteiger partial charge on any atom is -0.507 e. The number of ketones is 2. The Hall–Kier alpha value is -3.40. The number of nitrogens with one attached hydrogen (secondary N) is 1.